The van der Waals surface area contributed by atoms with Crippen LogP contribution in [0.4, 0.5) is 0 Å². The van der Waals surface area contributed by atoms with Gasteiger partial charge in [0.15, 0.2) is 0 Å². The molecule has 0 aliphatic heterocycles. The zero-order valence-electron chi connectivity index (χ0n) is 14.2. The minimum absolute atomic E-state index is 0.0139. The fraction of sp³-hybridized carbons (Fsp3) is 1.00. The van der Waals surface area contributed by atoms with Gasteiger partial charge in [-0.05, 0) is 13.0 Å². The molecule has 0 fully saturated rings. The molecule has 19 heavy (non-hydrogen) atoms. The Balaban J connectivity index is 6.28. The van der Waals surface area contributed by atoms with Gasteiger partial charge in [-0.25, -0.2) is 0 Å². The van der Waals surface area contributed by atoms with E-state index in [1.165, 1.54) is 0 Å². The van der Waals surface area contributed by atoms with Crippen LogP contribution in [0.3, 0.4) is 0 Å². The summed E-state index contributed by atoms with van der Waals surface area (Å²) in [6.45, 7) is 15.0. The van der Waals surface area contributed by atoms with Crippen molar-refractivity contribution in [3.8, 4) is 0 Å². The smallest absolute Gasteiger partial charge is 0.377 e. The summed E-state index contributed by atoms with van der Waals surface area (Å²) >= 11 is 0. The van der Waals surface area contributed by atoms with Crippen LogP contribution in [0.15, 0.2) is 0 Å². The molecule has 0 saturated carbocycles. The molecule has 0 rings (SSSR count). The van der Waals surface area contributed by atoms with Gasteiger partial charge in [-0.15, -0.1) is 0 Å². The predicted octanol–water partition coefficient (Wildman–Crippen LogP) is 2.71. The van der Waals surface area contributed by atoms with Crippen LogP contribution >= 0.6 is 0 Å². The molecule has 0 heterocycles. The van der Waals surface area contributed by atoms with Gasteiger partial charge in [-0.2, -0.15) is 0 Å². The topological polar surface area (TPSA) is 53.7 Å². The van der Waals surface area contributed by atoms with Gasteiger partial charge in [-0.3, -0.25) is 0 Å². The van der Waals surface area contributed by atoms with Crippen molar-refractivity contribution in [3.05, 3.63) is 0 Å². The Morgan fingerprint density at radius 2 is 1.11 bits per heavy atom. The highest BCUT2D eigenvalue weighted by atomic mass is 28.5. The van der Waals surface area contributed by atoms with Crippen molar-refractivity contribution in [2.75, 3.05) is 27.9 Å². The molecular formula is C12H33NO3Si3. The molecule has 0 amide bonds. The van der Waals surface area contributed by atoms with Gasteiger partial charge in [0.05, 0.1) is 16.1 Å². The third-order valence-corrected chi connectivity index (χ3v) is 23.8. The quantitative estimate of drug-likeness (QED) is 0.698. The first-order valence-electron chi connectivity index (χ1n) is 6.85. The van der Waals surface area contributed by atoms with Gasteiger partial charge in [0.25, 0.3) is 0 Å². The lowest BCUT2D eigenvalue weighted by Crippen LogP contribution is -2.72. The van der Waals surface area contributed by atoms with Crippen LogP contribution in [-0.4, -0.2) is 52.8 Å². The average molecular weight is 324 g/mol. The molecule has 0 radical (unpaired) electrons. The fourth-order valence-electron chi connectivity index (χ4n) is 3.94. The van der Waals surface area contributed by atoms with E-state index in [1.54, 1.807) is 21.3 Å². The number of rotatable bonds is 8. The third kappa shape index (κ3) is 3.07. The van der Waals surface area contributed by atoms with E-state index in [1.807, 2.05) is 0 Å². The number of nitrogens with two attached hydrogens (primary N) is 1. The maximum atomic E-state index is 5.97. The Labute approximate surface area is 122 Å². The van der Waals surface area contributed by atoms with Gasteiger partial charge in [0.1, 0.15) is 0 Å². The SMILES string of the molecule is CO[Si](OC)(OC)C(CCN)([Si](C)(C)C)[Si](C)(C)C. The summed E-state index contributed by atoms with van der Waals surface area (Å²) in [5.41, 5.74) is 5.97. The normalized spacial score (nSPS) is 14.8. The Morgan fingerprint density at radius 3 is 1.26 bits per heavy atom. The van der Waals surface area contributed by atoms with E-state index in [-0.39, 0.29) is 4.28 Å². The summed E-state index contributed by atoms with van der Waals surface area (Å²) in [4.78, 5) is 0. The van der Waals surface area contributed by atoms with E-state index < -0.39 is 25.0 Å². The highest BCUT2D eigenvalue weighted by molar-refractivity contribution is 7.11. The van der Waals surface area contributed by atoms with E-state index in [9.17, 15) is 0 Å². The van der Waals surface area contributed by atoms with Crippen molar-refractivity contribution in [1.29, 1.82) is 0 Å². The van der Waals surface area contributed by atoms with Crippen molar-refractivity contribution in [2.45, 2.75) is 50.0 Å². The molecule has 0 aromatic rings. The van der Waals surface area contributed by atoms with E-state index in [4.69, 9.17) is 19.0 Å². The molecule has 2 N–H and O–H groups in total. The van der Waals surface area contributed by atoms with Crippen LogP contribution in [-0.2, 0) is 13.3 Å². The van der Waals surface area contributed by atoms with E-state index >= 15 is 0 Å². The van der Waals surface area contributed by atoms with Gasteiger partial charge in [0, 0.05) is 25.6 Å². The molecule has 0 aliphatic rings. The maximum Gasteiger partial charge on any atom is 0.501 e. The predicted molar refractivity (Wildman–Crippen MR) is 89.8 cm³/mol. The highest BCUT2D eigenvalue weighted by Crippen LogP contribution is 2.56. The summed E-state index contributed by atoms with van der Waals surface area (Å²) in [7, 11) is -0.811. The molecule has 0 aromatic carbocycles. The lowest BCUT2D eigenvalue weighted by molar-refractivity contribution is 0.111. The molecule has 7 heteroatoms. The fourth-order valence-corrected chi connectivity index (χ4v) is 25.9. The van der Waals surface area contributed by atoms with Gasteiger partial charge in [0.2, 0.25) is 0 Å². The Morgan fingerprint density at radius 1 is 0.789 bits per heavy atom. The van der Waals surface area contributed by atoms with E-state index in [2.05, 4.69) is 39.3 Å². The number of hydrogen-bond donors (Lipinski definition) is 1. The molecule has 0 atom stereocenters. The minimum Gasteiger partial charge on any atom is -0.377 e. The van der Waals surface area contributed by atoms with Crippen LogP contribution in [0.25, 0.3) is 0 Å². The average Bonchev–Trinajstić information content (AvgIpc) is 2.27. The van der Waals surface area contributed by atoms with Crippen molar-refractivity contribution < 1.29 is 13.3 Å². The molecule has 0 bridgehead atoms. The molecule has 0 aliphatic carbocycles. The first kappa shape index (κ1) is 19.5. The molecular weight excluding hydrogens is 290 g/mol. The molecule has 0 spiro atoms. The Kier molecular flexibility index (Phi) is 6.67. The van der Waals surface area contributed by atoms with Crippen molar-refractivity contribution in [2.24, 2.45) is 5.73 Å². The van der Waals surface area contributed by atoms with Gasteiger partial charge >= 0.3 is 8.80 Å². The van der Waals surface area contributed by atoms with Gasteiger partial charge < -0.3 is 19.0 Å². The summed E-state index contributed by atoms with van der Waals surface area (Å²) in [6, 6.07) is 0. The zero-order chi connectivity index (χ0) is 15.5. The highest BCUT2D eigenvalue weighted by Gasteiger charge is 2.70. The molecule has 116 valence electrons. The number of hydrogen-bond acceptors (Lipinski definition) is 4. The van der Waals surface area contributed by atoms with Crippen LogP contribution in [0, 0.1) is 0 Å². The van der Waals surface area contributed by atoms with Gasteiger partial charge in [-0.1, -0.05) is 39.3 Å². The van der Waals surface area contributed by atoms with Crippen LogP contribution < -0.4 is 5.73 Å². The lowest BCUT2D eigenvalue weighted by atomic mass is 10.5. The zero-order valence-corrected chi connectivity index (χ0v) is 17.2. The summed E-state index contributed by atoms with van der Waals surface area (Å²) < 4.78 is 17.8. The standard InChI is InChI=1S/C12H33NO3Si3/c1-14-19(15-2,16-3)12(10-11-13,17(4,5)6)18(7,8)9/h10-11,13H2,1-9H3. The second-order valence-corrected chi connectivity index (χ2v) is 22.5. The van der Waals surface area contributed by atoms with Crippen LogP contribution in [0.1, 0.15) is 6.42 Å². The summed E-state index contributed by atoms with van der Waals surface area (Å²) in [5.74, 6) is 0. The molecule has 0 aromatic heterocycles. The summed E-state index contributed by atoms with van der Waals surface area (Å²) in [5, 5.41) is 0. The van der Waals surface area contributed by atoms with E-state index in [0.29, 0.717) is 6.54 Å². The third-order valence-electron chi connectivity index (χ3n) is 4.41. The molecule has 4 nitrogen and oxygen atoms in total. The largest absolute Gasteiger partial charge is 0.501 e. The minimum atomic E-state index is -2.75. The monoisotopic (exact) mass is 323 g/mol. The molecule has 0 saturated heterocycles. The van der Waals surface area contributed by atoms with Crippen molar-refractivity contribution in [3.63, 3.8) is 0 Å². The first-order valence-corrected chi connectivity index (χ1v) is 15.6. The van der Waals surface area contributed by atoms with E-state index in [0.717, 1.165) is 6.42 Å². The second-order valence-electron chi connectivity index (χ2n) is 7.11. The van der Waals surface area contributed by atoms with Crippen molar-refractivity contribution >= 4 is 25.0 Å². The first-order chi connectivity index (χ1) is 8.49. The molecule has 0 unspecified atom stereocenters. The lowest BCUT2D eigenvalue weighted by Gasteiger charge is -2.57. The van der Waals surface area contributed by atoms with Crippen LogP contribution in [0.5, 0.6) is 0 Å². The Bertz CT molecular complexity index is 261. The van der Waals surface area contributed by atoms with Crippen LogP contribution in [0.2, 0.25) is 43.6 Å². The summed E-state index contributed by atoms with van der Waals surface area (Å²) in [6.07, 6.45) is 0.931. The second kappa shape index (κ2) is 6.50. The maximum absolute atomic E-state index is 5.97. The van der Waals surface area contributed by atoms with Crippen molar-refractivity contribution in [1.82, 2.24) is 0 Å². The Hall–Kier alpha value is 0.491.